The minimum absolute atomic E-state index is 0. The number of methoxy groups -OCH3 is 2. The zero-order valence-electron chi connectivity index (χ0n) is 13.8. The monoisotopic (exact) mass is 457 g/mol. The second kappa shape index (κ2) is 10.5. The number of hydrogen-bond donors (Lipinski definition) is 2. The maximum absolute atomic E-state index is 11.1. The molecule has 0 bridgehead atoms. The molecule has 0 amide bonds. The van der Waals surface area contributed by atoms with E-state index in [2.05, 4.69) is 15.6 Å². The lowest BCUT2D eigenvalue weighted by atomic mass is 10.3. The van der Waals surface area contributed by atoms with E-state index in [-0.39, 0.29) is 29.7 Å². The molecule has 0 aliphatic heterocycles. The van der Waals surface area contributed by atoms with Crippen LogP contribution in [0.4, 0.5) is 5.69 Å². The van der Waals surface area contributed by atoms with Gasteiger partial charge in [0.15, 0.2) is 17.5 Å². The second-order valence-corrected chi connectivity index (χ2v) is 6.94. The molecule has 0 fully saturated rings. The minimum Gasteiger partial charge on any atom is -0.493 e. The molecule has 23 heavy (non-hydrogen) atoms. The van der Waals surface area contributed by atoms with Gasteiger partial charge in [0.1, 0.15) is 9.84 Å². The number of nitrogens with zero attached hydrogens (tertiary/aromatic N) is 1. The number of halogens is 1. The Balaban J connectivity index is 0.00000484. The number of hydrogen-bond acceptors (Lipinski definition) is 5. The standard InChI is InChI=1S/C14H23N3O4S.HI/c1-15-14(16-8-5-9-22(4,18)19)17-11-6-7-12(20-2)13(10-11)21-3;/h6-7,10H,5,8-9H2,1-4H3,(H2,15,16,17);1H. The highest BCUT2D eigenvalue weighted by Gasteiger charge is 2.06. The first kappa shape index (κ1) is 21.8. The van der Waals surface area contributed by atoms with E-state index in [1.54, 1.807) is 33.4 Å². The van der Waals surface area contributed by atoms with Crippen molar-refractivity contribution < 1.29 is 17.9 Å². The zero-order chi connectivity index (χ0) is 16.6. The molecule has 1 aromatic carbocycles. The lowest BCUT2D eigenvalue weighted by molar-refractivity contribution is 0.355. The van der Waals surface area contributed by atoms with Crippen LogP contribution in [-0.2, 0) is 9.84 Å². The highest BCUT2D eigenvalue weighted by atomic mass is 127. The Morgan fingerprint density at radius 1 is 1.22 bits per heavy atom. The molecular weight excluding hydrogens is 433 g/mol. The molecule has 0 unspecified atom stereocenters. The Kier molecular flexibility index (Phi) is 9.96. The average molecular weight is 457 g/mol. The summed E-state index contributed by atoms with van der Waals surface area (Å²) in [5.74, 6) is 1.96. The maximum Gasteiger partial charge on any atom is 0.195 e. The van der Waals surface area contributed by atoms with Crippen molar-refractivity contribution in [3.63, 3.8) is 0 Å². The third-order valence-corrected chi connectivity index (χ3v) is 3.88. The van der Waals surface area contributed by atoms with E-state index < -0.39 is 9.84 Å². The maximum atomic E-state index is 11.1. The molecule has 0 aromatic heterocycles. The Morgan fingerprint density at radius 3 is 2.39 bits per heavy atom. The molecule has 0 radical (unpaired) electrons. The van der Waals surface area contributed by atoms with Crippen LogP contribution in [0.2, 0.25) is 0 Å². The summed E-state index contributed by atoms with van der Waals surface area (Å²) in [4.78, 5) is 4.09. The van der Waals surface area contributed by atoms with Crippen LogP contribution in [0, 0.1) is 0 Å². The predicted molar refractivity (Wildman–Crippen MR) is 104 cm³/mol. The fraction of sp³-hybridized carbons (Fsp3) is 0.500. The Bertz CT molecular complexity index is 620. The van der Waals surface area contributed by atoms with E-state index in [1.807, 2.05) is 6.07 Å². The Morgan fingerprint density at radius 2 is 1.87 bits per heavy atom. The van der Waals surface area contributed by atoms with Gasteiger partial charge in [-0.3, -0.25) is 4.99 Å². The van der Waals surface area contributed by atoms with Crippen molar-refractivity contribution in [3.8, 4) is 11.5 Å². The molecule has 0 aliphatic carbocycles. The van der Waals surface area contributed by atoms with Crippen molar-refractivity contribution in [2.45, 2.75) is 6.42 Å². The first-order valence-corrected chi connectivity index (χ1v) is 8.83. The minimum atomic E-state index is -2.94. The third kappa shape index (κ3) is 8.26. The smallest absolute Gasteiger partial charge is 0.195 e. The number of nitrogens with one attached hydrogen (secondary N) is 2. The van der Waals surface area contributed by atoms with Gasteiger partial charge in [-0.25, -0.2) is 8.42 Å². The average Bonchev–Trinajstić information content (AvgIpc) is 2.49. The number of rotatable bonds is 7. The van der Waals surface area contributed by atoms with E-state index in [4.69, 9.17) is 9.47 Å². The van der Waals surface area contributed by atoms with Crippen LogP contribution >= 0.6 is 24.0 Å². The predicted octanol–water partition coefficient (Wildman–Crippen LogP) is 1.74. The van der Waals surface area contributed by atoms with Crippen LogP contribution in [0.1, 0.15) is 6.42 Å². The van der Waals surface area contributed by atoms with Gasteiger partial charge in [0.05, 0.1) is 20.0 Å². The lowest BCUT2D eigenvalue weighted by Crippen LogP contribution is -2.32. The van der Waals surface area contributed by atoms with Crippen molar-refractivity contribution in [3.05, 3.63) is 18.2 Å². The molecule has 1 aromatic rings. The molecule has 2 N–H and O–H groups in total. The fourth-order valence-corrected chi connectivity index (χ4v) is 2.44. The quantitative estimate of drug-likeness (QED) is 0.281. The molecule has 0 saturated heterocycles. The van der Waals surface area contributed by atoms with Gasteiger partial charge in [0.2, 0.25) is 0 Å². The Hall–Kier alpha value is -1.23. The second-order valence-electron chi connectivity index (χ2n) is 4.68. The zero-order valence-corrected chi connectivity index (χ0v) is 16.9. The molecule has 0 atom stereocenters. The SMILES string of the molecule is CN=C(NCCCS(C)(=O)=O)Nc1ccc(OC)c(OC)c1.I. The molecule has 7 nitrogen and oxygen atoms in total. The molecule has 132 valence electrons. The molecule has 0 heterocycles. The summed E-state index contributed by atoms with van der Waals surface area (Å²) in [5, 5.41) is 6.17. The van der Waals surface area contributed by atoms with Crippen molar-refractivity contribution in [1.82, 2.24) is 5.32 Å². The number of ether oxygens (including phenoxy) is 2. The first-order valence-electron chi connectivity index (χ1n) is 6.77. The molecule has 1 rings (SSSR count). The van der Waals surface area contributed by atoms with Gasteiger partial charge in [0, 0.05) is 31.6 Å². The molecule has 0 aliphatic rings. The van der Waals surface area contributed by atoms with Gasteiger partial charge < -0.3 is 20.1 Å². The Labute approximate surface area is 154 Å². The topological polar surface area (TPSA) is 89.0 Å². The van der Waals surface area contributed by atoms with E-state index in [0.717, 1.165) is 5.69 Å². The van der Waals surface area contributed by atoms with Crippen LogP contribution in [0.5, 0.6) is 11.5 Å². The lowest BCUT2D eigenvalue weighted by Gasteiger charge is -2.14. The van der Waals surface area contributed by atoms with Gasteiger partial charge in [-0.2, -0.15) is 0 Å². The van der Waals surface area contributed by atoms with Crippen LogP contribution in [0.25, 0.3) is 0 Å². The van der Waals surface area contributed by atoms with E-state index in [0.29, 0.717) is 30.4 Å². The number of aliphatic imine (C=N–C) groups is 1. The van der Waals surface area contributed by atoms with Crippen LogP contribution in [0.15, 0.2) is 23.2 Å². The van der Waals surface area contributed by atoms with E-state index in [1.165, 1.54) is 6.26 Å². The molecular formula is C14H24IN3O4S. The largest absolute Gasteiger partial charge is 0.493 e. The van der Waals surface area contributed by atoms with Crippen molar-refractivity contribution in [2.75, 3.05) is 45.1 Å². The summed E-state index contributed by atoms with van der Waals surface area (Å²) < 4.78 is 32.6. The summed E-state index contributed by atoms with van der Waals surface area (Å²) in [5.41, 5.74) is 0.786. The van der Waals surface area contributed by atoms with Gasteiger partial charge in [-0.15, -0.1) is 24.0 Å². The summed E-state index contributed by atoms with van der Waals surface area (Å²) in [7, 11) is 1.86. The molecule has 0 spiro atoms. The van der Waals surface area contributed by atoms with Gasteiger partial charge in [-0.1, -0.05) is 0 Å². The molecule has 0 saturated carbocycles. The highest BCUT2D eigenvalue weighted by Crippen LogP contribution is 2.29. The van der Waals surface area contributed by atoms with Gasteiger partial charge in [-0.05, 0) is 18.6 Å². The van der Waals surface area contributed by atoms with E-state index >= 15 is 0 Å². The van der Waals surface area contributed by atoms with Gasteiger partial charge in [0.25, 0.3) is 0 Å². The van der Waals surface area contributed by atoms with Crippen molar-refractivity contribution in [2.24, 2.45) is 4.99 Å². The summed E-state index contributed by atoms with van der Waals surface area (Å²) in [6, 6.07) is 5.42. The third-order valence-electron chi connectivity index (χ3n) is 2.85. The van der Waals surface area contributed by atoms with Crippen molar-refractivity contribution in [1.29, 1.82) is 0 Å². The van der Waals surface area contributed by atoms with Gasteiger partial charge >= 0.3 is 0 Å². The van der Waals surface area contributed by atoms with Crippen LogP contribution in [0.3, 0.4) is 0 Å². The summed E-state index contributed by atoms with van der Waals surface area (Å²) in [6.45, 7) is 0.514. The van der Waals surface area contributed by atoms with Crippen molar-refractivity contribution >= 4 is 45.5 Å². The normalized spacial score (nSPS) is 11.4. The first-order chi connectivity index (χ1) is 10.4. The highest BCUT2D eigenvalue weighted by molar-refractivity contribution is 14.0. The molecule has 9 heteroatoms. The van der Waals surface area contributed by atoms with Crippen LogP contribution in [-0.4, -0.2) is 54.2 Å². The van der Waals surface area contributed by atoms with E-state index in [9.17, 15) is 8.42 Å². The fourth-order valence-electron chi connectivity index (χ4n) is 1.77. The number of anilines is 1. The van der Waals surface area contributed by atoms with Crippen LogP contribution < -0.4 is 20.1 Å². The summed E-state index contributed by atoms with van der Waals surface area (Å²) >= 11 is 0. The number of benzene rings is 1. The number of guanidine groups is 1. The summed E-state index contributed by atoms with van der Waals surface area (Å²) in [6.07, 6.45) is 1.75. The number of sulfone groups is 1.